The van der Waals surface area contributed by atoms with E-state index in [0.717, 1.165) is 57.4 Å². The van der Waals surface area contributed by atoms with Crippen LogP contribution in [0.1, 0.15) is 45.1 Å². The Kier molecular flexibility index (Phi) is 6.83. The van der Waals surface area contributed by atoms with Crippen molar-refractivity contribution in [3.63, 3.8) is 0 Å². The standard InChI is InChI=1S/C21H32N4O2/c1-16(2)23-21(27)18-5-11-24(12-6-18)19-7-13-25(14-8-19)20(26)15-17-3-9-22-10-4-17/h3-4,9-10,16,18-19H,5-8,11-15H2,1-2H3,(H,23,27). The maximum atomic E-state index is 12.5. The molecule has 0 aromatic carbocycles. The minimum atomic E-state index is 0.158. The van der Waals surface area contributed by atoms with E-state index in [9.17, 15) is 9.59 Å². The summed E-state index contributed by atoms with van der Waals surface area (Å²) < 4.78 is 0. The van der Waals surface area contributed by atoms with Gasteiger partial charge in [-0.05, 0) is 70.3 Å². The molecule has 0 atom stereocenters. The van der Waals surface area contributed by atoms with Gasteiger partial charge in [0.1, 0.15) is 0 Å². The third kappa shape index (κ3) is 5.51. The van der Waals surface area contributed by atoms with Crippen molar-refractivity contribution in [3.8, 4) is 0 Å². The van der Waals surface area contributed by atoms with Gasteiger partial charge >= 0.3 is 0 Å². The SMILES string of the molecule is CC(C)NC(=O)C1CCN(C2CCN(C(=O)Cc3ccncc3)CC2)CC1. The van der Waals surface area contributed by atoms with Gasteiger partial charge in [0.2, 0.25) is 11.8 Å². The molecule has 2 aliphatic rings. The highest BCUT2D eigenvalue weighted by atomic mass is 16.2. The first kappa shape index (κ1) is 19.8. The highest BCUT2D eigenvalue weighted by Crippen LogP contribution is 2.24. The second-order valence-corrected chi connectivity index (χ2v) is 8.12. The van der Waals surface area contributed by atoms with E-state index in [4.69, 9.17) is 0 Å². The average molecular weight is 373 g/mol. The lowest BCUT2D eigenvalue weighted by molar-refractivity contribution is -0.132. The van der Waals surface area contributed by atoms with E-state index in [1.165, 1.54) is 0 Å². The van der Waals surface area contributed by atoms with Crippen LogP contribution in [0.25, 0.3) is 0 Å². The van der Waals surface area contributed by atoms with Crippen molar-refractivity contribution in [2.45, 2.75) is 58.0 Å². The van der Waals surface area contributed by atoms with E-state index < -0.39 is 0 Å². The predicted octanol–water partition coefficient (Wildman–Crippen LogP) is 1.85. The summed E-state index contributed by atoms with van der Waals surface area (Å²) in [5.41, 5.74) is 1.03. The molecule has 0 unspecified atom stereocenters. The Balaban J connectivity index is 1.41. The number of piperidine rings is 2. The van der Waals surface area contributed by atoms with Gasteiger partial charge in [-0.3, -0.25) is 14.6 Å². The molecular formula is C21H32N4O2. The van der Waals surface area contributed by atoms with Gasteiger partial charge < -0.3 is 15.1 Å². The minimum Gasteiger partial charge on any atom is -0.354 e. The number of nitrogens with zero attached hydrogens (tertiary/aromatic N) is 3. The molecule has 2 amide bonds. The lowest BCUT2D eigenvalue weighted by Crippen LogP contribution is -2.50. The molecule has 0 radical (unpaired) electrons. The normalized spacial score (nSPS) is 20.0. The Morgan fingerprint density at radius 1 is 1.07 bits per heavy atom. The molecule has 3 heterocycles. The zero-order valence-electron chi connectivity index (χ0n) is 16.6. The average Bonchev–Trinajstić information content (AvgIpc) is 2.68. The van der Waals surface area contributed by atoms with E-state index in [1.807, 2.05) is 30.9 Å². The van der Waals surface area contributed by atoms with Crippen molar-refractivity contribution >= 4 is 11.8 Å². The monoisotopic (exact) mass is 372 g/mol. The van der Waals surface area contributed by atoms with E-state index in [2.05, 4.69) is 15.2 Å². The molecule has 6 heteroatoms. The molecule has 0 bridgehead atoms. The Hall–Kier alpha value is -1.95. The van der Waals surface area contributed by atoms with Crippen molar-refractivity contribution in [1.29, 1.82) is 0 Å². The summed E-state index contributed by atoms with van der Waals surface area (Å²) in [6.45, 7) is 7.68. The summed E-state index contributed by atoms with van der Waals surface area (Å²) in [6, 6.07) is 4.57. The highest BCUT2D eigenvalue weighted by molar-refractivity contribution is 5.79. The fraction of sp³-hybridized carbons (Fsp3) is 0.667. The number of likely N-dealkylation sites (tertiary alicyclic amines) is 2. The molecule has 2 saturated heterocycles. The smallest absolute Gasteiger partial charge is 0.226 e. The van der Waals surface area contributed by atoms with Crippen LogP contribution in [0, 0.1) is 5.92 Å². The van der Waals surface area contributed by atoms with Crippen LogP contribution in [0.2, 0.25) is 0 Å². The summed E-state index contributed by atoms with van der Waals surface area (Å²) in [6.07, 6.45) is 7.89. The van der Waals surface area contributed by atoms with Crippen LogP contribution in [0.15, 0.2) is 24.5 Å². The van der Waals surface area contributed by atoms with E-state index in [-0.39, 0.29) is 23.8 Å². The summed E-state index contributed by atoms with van der Waals surface area (Å²) in [5.74, 6) is 0.579. The Labute approximate surface area is 162 Å². The number of carbonyl (C=O) groups is 2. The molecule has 3 rings (SSSR count). The van der Waals surface area contributed by atoms with Crippen molar-refractivity contribution in [3.05, 3.63) is 30.1 Å². The van der Waals surface area contributed by atoms with Crippen LogP contribution in [0.5, 0.6) is 0 Å². The fourth-order valence-corrected chi connectivity index (χ4v) is 4.20. The number of pyridine rings is 1. The van der Waals surface area contributed by atoms with Crippen LogP contribution >= 0.6 is 0 Å². The number of aromatic nitrogens is 1. The number of carbonyl (C=O) groups excluding carboxylic acids is 2. The summed E-state index contributed by atoms with van der Waals surface area (Å²) >= 11 is 0. The number of hydrogen-bond donors (Lipinski definition) is 1. The summed E-state index contributed by atoms with van der Waals surface area (Å²) in [5, 5.41) is 3.04. The van der Waals surface area contributed by atoms with Gasteiger partial charge in [-0.1, -0.05) is 0 Å². The molecule has 0 saturated carbocycles. The second-order valence-electron chi connectivity index (χ2n) is 8.12. The topological polar surface area (TPSA) is 65.5 Å². The molecular weight excluding hydrogens is 340 g/mol. The van der Waals surface area contributed by atoms with Gasteiger partial charge in [-0.2, -0.15) is 0 Å². The molecule has 0 spiro atoms. The first-order valence-electron chi connectivity index (χ1n) is 10.2. The zero-order chi connectivity index (χ0) is 19.2. The van der Waals surface area contributed by atoms with Crippen LogP contribution < -0.4 is 5.32 Å². The molecule has 1 aromatic rings. The number of amides is 2. The first-order valence-corrected chi connectivity index (χ1v) is 10.2. The maximum Gasteiger partial charge on any atom is 0.226 e. The summed E-state index contributed by atoms with van der Waals surface area (Å²) in [4.78, 5) is 33.2. The third-order valence-corrected chi connectivity index (χ3v) is 5.77. The number of rotatable bonds is 5. The lowest BCUT2D eigenvalue weighted by atomic mass is 9.92. The maximum absolute atomic E-state index is 12.5. The molecule has 1 aromatic heterocycles. The van der Waals surface area contributed by atoms with Crippen LogP contribution in [-0.4, -0.2) is 64.9 Å². The molecule has 2 aliphatic heterocycles. The highest BCUT2D eigenvalue weighted by Gasteiger charge is 2.31. The molecule has 0 aliphatic carbocycles. The van der Waals surface area contributed by atoms with Gasteiger partial charge in [0, 0.05) is 43.5 Å². The van der Waals surface area contributed by atoms with Crippen LogP contribution in [0.3, 0.4) is 0 Å². The largest absolute Gasteiger partial charge is 0.354 e. The molecule has 27 heavy (non-hydrogen) atoms. The van der Waals surface area contributed by atoms with Gasteiger partial charge in [0.25, 0.3) is 0 Å². The van der Waals surface area contributed by atoms with E-state index in [1.54, 1.807) is 12.4 Å². The lowest BCUT2D eigenvalue weighted by Gasteiger charge is -2.41. The molecule has 6 nitrogen and oxygen atoms in total. The van der Waals surface area contributed by atoms with E-state index in [0.29, 0.717) is 12.5 Å². The first-order chi connectivity index (χ1) is 13.0. The van der Waals surface area contributed by atoms with Gasteiger partial charge in [0.05, 0.1) is 6.42 Å². The Morgan fingerprint density at radius 2 is 1.70 bits per heavy atom. The van der Waals surface area contributed by atoms with Crippen molar-refractivity contribution in [1.82, 2.24) is 20.1 Å². The predicted molar refractivity (Wildman–Crippen MR) is 105 cm³/mol. The van der Waals surface area contributed by atoms with Crippen LogP contribution in [-0.2, 0) is 16.0 Å². The van der Waals surface area contributed by atoms with Crippen molar-refractivity contribution in [2.75, 3.05) is 26.2 Å². The van der Waals surface area contributed by atoms with Gasteiger partial charge in [0.15, 0.2) is 0 Å². The van der Waals surface area contributed by atoms with Crippen molar-refractivity contribution in [2.24, 2.45) is 5.92 Å². The zero-order valence-corrected chi connectivity index (χ0v) is 16.6. The van der Waals surface area contributed by atoms with Gasteiger partial charge in [-0.25, -0.2) is 0 Å². The number of nitrogens with one attached hydrogen (secondary N) is 1. The molecule has 1 N–H and O–H groups in total. The Bertz CT molecular complexity index is 618. The van der Waals surface area contributed by atoms with Crippen LogP contribution in [0.4, 0.5) is 0 Å². The van der Waals surface area contributed by atoms with Gasteiger partial charge in [-0.15, -0.1) is 0 Å². The van der Waals surface area contributed by atoms with Crippen molar-refractivity contribution < 1.29 is 9.59 Å². The minimum absolute atomic E-state index is 0.158. The fourth-order valence-electron chi connectivity index (χ4n) is 4.20. The Morgan fingerprint density at radius 3 is 2.30 bits per heavy atom. The quantitative estimate of drug-likeness (QED) is 0.857. The van der Waals surface area contributed by atoms with E-state index >= 15 is 0 Å². The second kappa shape index (κ2) is 9.31. The molecule has 148 valence electrons. The third-order valence-electron chi connectivity index (χ3n) is 5.77. The number of hydrogen-bond acceptors (Lipinski definition) is 4. The molecule has 2 fully saturated rings. The summed E-state index contributed by atoms with van der Waals surface area (Å²) in [7, 11) is 0.